The summed E-state index contributed by atoms with van der Waals surface area (Å²) < 4.78 is 53.7. The van der Waals surface area contributed by atoms with E-state index in [2.05, 4.69) is 5.32 Å². The molecule has 0 aromatic heterocycles. The molecule has 0 saturated carbocycles. The van der Waals surface area contributed by atoms with Gasteiger partial charge in [0, 0.05) is 5.69 Å². The van der Waals surface area contributed by atoms with Crippen LogP contribution in [0.3, 0.4) is 0 Å². The number of para-hydroxylation sites is 2. The molecule has 0 saturated heterocycles. The number of carbonyl (C=O) groups excluding carboxylic acids is 2. The molecule has 0 unspecified atom stereocenters. The highest BCUT2D eigenvalue weighted by Crippen LogP contribution is 2.31. The SMILES string of the molecule is O=C(COC(=O)[C@@H]1COc2ccccc2O1)Nc1cccc(C(F)(F)F)c1. The lowest BCUT2D eigenvalue weighted by Crippen LogP contribution is -2.39. The summed E-state index contributed by atoms with van der Waals surface area (Å²) in [6.45, 7) is -0.748. The van der Waals surface area contributed by atoms with E-state index >= 15 is 0 Å². The molecule has 2 aromatic carbocycles. The Morgan fingerprint density at radius 3 is 2.59 bits per heavy atom. The van der Waals surface area contributed by atoms with Gasteiger partial charge in [-0.2, -0.15) is 13.2 Å². The van der Waals surface area contributed by atoms with Gasteiger partial charge in [-0.05, 0) is 30.3 Å². The molecule has 9 heteroatoms. The first kappa shape index (κ1) is 18.6. The molecule has 0 fully saturated rings. The van der Waals surface area contributed by atoms with Gasteiger partial charge < -0.3 is 19.5 Å². The maximum Gasteiger partial charge on any atom is 0.416 e. The van der Waals surface area contributed by atoms with Crippen molar-refractivity contribution in [2.75, 3.05) is 18.5 Å². The summed E-state index contributed by atoms with van der Waals surface area (Å²) in [5, 5.41) is 2.24. The molecule has 1 aliphatic rings. The van der Waals surface area contributed by atoms with Crippen molar-refractivity contribution < 1.29 is 37.0 Å². The summed E-state index contributed by atoms with van der Waals surface area (Å²) in [6.07, 6.45) is -5.57. The molecule has 0 spiro atoms. The molecule has 0 bridgehead atoms. The zero-order valence-corrected chi connectivity index (χ0v) is 13.8. The first-order chi connectivity index (χ1) is 12.8. The minimum Gasteiger partial charge on any atom is -0.485 e. The van der Waals surface area contributed by atoms with Crippen LogP contribution < -0.4 is 14.8 Å². The van der Waals surface area contributed by atoms with Gasteiger partial charge in [0.1, 0.15) is 6.61 Å². The first-order valence-corrected chi connectivity index (χ1v) is 7.85. The van der Waals surface area contributed by atoms with Crippen molar-refractivity contribution in [1.29, 1.82) is 0 Å². The van der Waals surface area contributed by atoms with Crippen LogP contribution in [0.5, 0.6) is 11.5 Å². The third-order valence-electron chi connectivity index (χ3n) is 3.59. The molecule has 142 valence electrons. The third kappa shape index (κ3) is 4.69. The van der Waals surface area contributed by atoms with Crippen molar-refractivity contribution in [3.8, 4) is 11.5 Å². The molecular weight excluding hydrogens is 367 g/mol. The van der Waals surface area contributed by atoms with Crippen LogP contribution in [0.2, 0.25) is 0 Å². The minimum absolute atomic E-state index is 0.0583. The number of ether oxygens (including phenoxy) is 3. The number of anilines is 1. The highest BCUT2D eigenvalue weighted by atomic mass is 19.4. The Labute approximate surface area is 151 Å². The van der Waals surface area contributed by atoms with Gasteiger partial charge >= 0.3 is 12.1 Å². The molecule has 1 amide bonds. The second-order valence-corrected chi connectivity index (χ2v) is 5.60. The Morgan fingerprint density at radius 1 is 1.11 bits per heavy atom. The quantitative estimate of drug-likeness (QED) is 0.825. The van der Waals surface area contributed by atoms with E-state index in [1.165, 1.54) is 6.07 Å². The van der Waals surface area contributed by atoms with Crippen LogP contribution >= 0.6 is 0 Å². The van der Waals surface area contributed by atoms with Gasteiger partial charge in [0.15, 0.2) is 18.1 Å². The number of amides is 1. The lowest BCUT2D eigenvalue weighted by atomic mass is 10.2. The number of hydrogen-bond acceptors (Lipinski definition) is 5. The largest absolute Gasteiger partial charge is 0.485 e. The van der Waals surface area contributed by atoms with Gasteiger partial charge in [0.2, 0.25) is 6.10 Å². The standard InChI is InChI=1S/C18H14F3NO5/c19-18(20,21)11-4-3-5-12(8-11)22-16(23)10-26-17(24)15-9-25-13-6-1-2-7-14(13)27-15/h1-8,15H,9-10H2,(H,22,23)/t15-/m0/s1. The van der Waals surface area contributed by atoms with E-state index in [4.69, 9.17) is 14.2 Å². The molecule has 1 N–H and O–H groups in total. The molecule has 3 rings (SSSR count). The third-order valence-corrected chi connectivity index (χ3v) is 3.59. The van der Waals surface area contributed by atoms with Crippen LogP contribution in [0.15, 0.2) is 48.5 Å². The van der Waals surface area contributed by atoms with Gasteiger partial charge in [0.25, 0.3) is 5.91 Å². The predicted octanol–water partition coefficient (Wildman–Crippen LogP) is 3.03. The predicted molar refractivity (Wildman–Crippen MR) is 87.4 cm³/mol. The van der Waals surface area contributed by atoms with E-state index in [-0.39, 0.29) is 12.3 Å². The van der Waals surface area contributed by atoms with Crippen LogP contribution in [0, 0.1) is 0 Å². The van der Waals surface area contributed by atoms with E-state index < -0.39 is 36.3 Å². The Bertz CT molecular complexity index is 853. The van der Waals surface area contributed by atoms with Crippen LogP contribution in [0.25, 0.3) is 0 Å². The topological polar surface area (TPSA) is 73.9 Å². The summed E-state index contributed by atoms with van der Waals surface area (Å²) in [4.78, 5) is 23.8. The number of halogens is 3. The molecule has 0 radical (unpaired) electrons. The smallest absolute Gasteiger partial charge is 0.416 e. The summed E-state index contributed by atoms with van der Waals surface area (Å²) in [5.74, 6) is -0.730. The Hall–Kier alpha value is -3.23. The van der Waals surface area contributed by atoms with Gasteiger partial charge in [0.05, 0.1) is 5.56 Å². The van der Waals surface area contributed by atoms with E-state index in [0.29, 0.717) is 11.5 Å². The van der Waals surface area contributed by atoms with E-state index in [1.54, 1.807) is 24.3 Å². The number of nitrogens with one attached hydrogen (secondary N) is 1. The summed E-state index contributed by atoms with van der Waals surface area (Å²) >= 11 is 0. The van der Waals surface area contributed by atoms with Gasteiger partial charge in [-0.3, -0.25) is 4.79 Å². The van der Waals surface area contributed by atoms with Crippen molar-refractivity contribution in [1.82, 2.24) is 0 Å². The number of alkyl halides is 3. The molecule has 2 aromatic rings. The van der Waals surface area contributed by atoms with Crippen LogP contribution in [-0.4, -0.2) is 31.2 Å². The molecule has 1 aliphatic heterocycles. The highest BCUT2D eigenvalue weighted by Gasteiger charge is 2.31. The Morgan fingerprint density at radius 2 is 1.85 bits per heavy atom. The summed E-state index contributed by atoms with van der Waals surface area (Å²) in [6, 6.07) is 10.9. The van der Waals surface area contributed by atoms with Crippen molar-refractivity contribution in [2.24, 2.45) is 0 Å². The fourth-order valence-electron chi connectivity index (χ4n) is 2.34. The summed E-state index contributed by atoms with van der Waals surface area (Å²) in [7, 11) is 0. The Kier molecular flexibility index (Phi) is 5.20. The minimum atomic E-state index is -4.53. The Balaban J connectivity index is 1.52. The van der Waals surface area contributed by atoms with Gasteiger partial charge in [-0.25, -0.2) is 4.79 Å². The second kappa shape index (κ2) is 7.56. The van der Waals surface area contributed by atoms with Crippen molar-refractivity contribution in [3.05, 3.63) is 54.1 Å². The van der Waals surface area contributed by atoms with Crippen molar-refractivity contribution >= 4 is 17.6 Å². The lowest BCUT2D eigenvalue weighted by Gasteiger charge is -2.24. The average Bonchev–Trinajstić information content (AvgIpc) is 2.65. The fraction of sp³-hybridized carbons (Fsp3) is 0.222. The highest BCUT2D eigenvalue weighted by molar-refractivity contribution is 5.93. The number of fused-ring (bicyclic) bond motifs is 1. The zero-order chi connectivity index (χ0) is 19.4. The van der Waals surface area contributed by atoms with Crippen LogP contribution in [0.1, 0.15) is 5.56 Å². The van der Waals surface area contributed by atoms with Crippen molar-refractivity contribution in [3.63, 3.8) is 0 Å². The molecular formula is C18H14F3NO5. The van der Waals surface area contributed by atoms with E-state index in [0.717, 1.165) is 18.2 Å². The number of esters is 1. The van der Waals surface area contributed by atoms with Gasteiger partial charge in [-0.1, -0.05) is 18.2 Å². The first-order valence-electron chi connectivity index (χ1n) is 7.85. The molecule has 1 heterocycles. The number of rotatable bonds is 4. The average molecular weight is 381 g/mol. The fourth-order valence-corrected chi connectivity index (χ4v) is 2.34. The van der Waals surface area contributed by atoms with Crippen LogP contribution in [-0.2, 0) is 20.5 Å². The normalized spacial score (nSPS) is 15.7. The monoisotopic (exact) mass is 381 g/mol. The van der Waals surface area contributed by atoms with E-state index in [1.807, 2.05) is 0 Å². The lowest BCUT2D eigenvalue weighted by molar-refractivity contribution is -0.156. The summed E-state index contributed by atoms with van der Waals surface area (Å²) in [5.41, 5.74) is -0.958. The van der Waals surface area contributed by atoms with E-state index in [9.17, 15) is 22.8 Å². The number of benzene rings is 2. The maximum atomic E-state index is 12.7. The van der Waals surface area contributed by atoms with Gasteiger partial charge in [-0.15, -0.1) is 0 Å². The number of carbonyl (C=O) groups is 2. The number of hydrogen-bond donors (Lipinski definition) is 1. The molecule has 1 atom stereocenters. The second-order valence-electron chi connectivity index (χ2n) is 5.60. The zero-order valence-electron chi connectivity index (χ0n) is 13.8. The molecule has 6 nitrogen and oxygen atoms in total. The maximum absolute atomic E-state index is 12.7. The molecule has 0 aliphatic carbocycles. The molecule has 27 heavy (non-hydrogen) atoms. The van der Waals surface area contributed by atoms with Crippen molar-refractivity contribution in [2.45, 2.75) is 12.3 Å². The van der Waals surface area contributed by atoms with Crippen LogP contribution in [0.4, 0.5) is 18.9 Å².